The lowest BCUT2D eigenvalue weighted by molar-refractivity contribution is -0.119. The topological polar surface area (TPSA) is 71.8 Å². The molecule has 0 radical (unpaired) electrons. The van der Waals surface area contributed by atoms with Gasteiger partial charge in [0.05, 0.1) is 12.2 Å². The Balaban J connectivity index is 1.93. The van der Waals surface area contributed by atoms with E-state index in [0.29, 0.717) is 23.7 Å². The highest BCUT2D eigenvalue weighted by atomic mass is 16.5. The van der Waals surface area contributed by atoms with E-state index >= 15 is 0 Å². The zero-order valence-electron chi connectivity index (χ0n) is 13.9. The number of nitrogens with zero attached hydrogens (tertiary/aromatic N) is 2. The predicted molar refractivity (Wildman–Crippen MR) is 90.7 cm³/mol. The van der Waals surface area contributed by atoms with E-state index in [1.807, 2.05) is 32.0 Å². The lowest BCUT2D eigenvalue weighted by atomic mass is 10.1. The van der Waals surface area contributed by atoms with Crippen LogP contribution in [0.4, 0.5) is 5.69 Å². The quantitative estimate of drug-likeness (QED) is 0.915. The van der Waals surface area contributed by atoms with Gasteiger partial charge in [-0.25, -0.2) is 0 Å². The number of carbonyl (C=O) groups is 1. The molecule has 24 heavy (non-hydrogen) atoms. The number of rotatable bonds is 2. The molecule has 126 valence electrons. The third-order valence-electron chi connectivity index (χ3n) is 4.09. The molecule has 0 spiro atoms. The van der Waals surface area contributed by atoms with Gasteiger partial charge in [-0.15, -0.1) is 0 Å². The van der Waals surface area contributed by atoms with Crippen LogP contribution in [0.2, 0.25) is 0 Å². The lowest BCUT2D eigenvalue weighted by Gasteiger charge is -2.34. The van der Waals surface area contributed by atoms with Gasteiger partial charge in [-0.1, -0.05) is 6.07 Å². The highest BCUT2D eigenvalue weighted by molar-refractivity contribution is 5.95. The van der Waals surface area contributed by atoms with E-state index < -0.39 is 5.56 Å². The molecule has 1 aromatic carbocycles. The summed E-state index contributed by atoms with van der Waals surface area (Å²) in [6.07, 6.45) is -0.124. The molecule has 0 saturated heterocycles. The van der Waals surface area contributed by atoms with Crippen LogP contribution in [-0.2, 0) is 11.3 Å². The van der Waals surface area contributed by atoms with E-state index in [-0.39, 0.29) is 24.3 Å². The Morgan fingerprint density at radius 3 is 2.75 bits per heavy atom. The second kappa shape index (κ2) is 6.03. The number of amides is 1. The molecule has 0 bridgehead atoms. The van der Waals surface area contributed by atoms with Gasteiger partial charge in [0.25, 0.3) is 5.56 Å². The molecular formula is C18H20N2O4. The largest absolute Gasteiger partial charge is 0.508 e. The van der Waals surface area contributed by atoms with Crippen molar-refractivity contribution >= 4 is 11.6 Å². The molecular weight excluding hydrogens is 308 g/mol. The van der Waals surface area contributed by atoms with Gasteiger partial charge in [-0.05, 0) is 44.5 Å². The van der Waals surface area contributed by atoms with Crippen LogP contribution < -0.4 is 15.2 Å². The molecule has 0 saturated carbocycles. The first-order valence-electron chi connectivity index (χ1n) is 7.83. The minimum absolute atomic E-state index is 0.0784. The molecule has 1 atom stereocenters. The average molecular weight is 328 g/mol. The van der Waals surface area contributed by atoms with E-state index in [0.717, 1.165) is 11.6 Å². The molecule has 2 aromatic rings. The van der Waals surface area contributed by atoms with E-state index in [4.69, 9.17) is 4.74 Å². The number of aromatic hydroxyl groups is 1. The smallest absolute Gasteiger partial charge is 0.254 e. The van der Waals surface area contributed by atoms with Crippen LogP contribution in [0.1, 0.15) is 18.2 Å². The van der Waals surface area contributed by atoms with Gasteiger partial charge in [0.15, 0.2) is 0 Å². The third kappa shape index (κ3) is 2.99. The predicted octanol–water partition coefficient (Wildman–Crippen LogP) is 1.98. The van der Waals surface area contributed by atoms with Crippen LogP contribution in [-0.4, -0.2) is 28.2 Å². The molecule has 0 aliphatic carbocycles. The van der Waals surface area contributed by atoms with E-state index in [1.165, 1.54) is 10.6 Å². The number of fused-ring (bicyclic) bond motifs is 1. The first-order chi connectivity index (χ1) is 11.3. The summed E-state index contributed by atoms with van der Waals surface area (Å²) in [5.74, 6) is 0.394. The van der Waals surface area contributed by atoms with Crippen molar-refractivity contribution < 1.29 is 14.6 Å². The average Bonchev–Trinajstić information content (AvgIpc) is 2.49. The van der Waals surface area contributed by atoms with Crippen LogP contribution in [0, 0.1) is 13.8 Å². The Labute approximate surface area is 139 Å². The molecule has 1 N–H and O–H groups in total. The summed E-state index contributed by atoms with van der Waals surface area (Å²) in [6, 6.07) is 8.27. The van der Waals surface area contributed by atoms with Crippen LogP contribution in [0.15, 0.2) is 35.1 Å². The fraction of sp³-hybridized carbons (Fsp3) is 0.333. The number of hydrogen-bond acceptors (Lipinski definition) is 4. The van der Waals surface area contributed by atoms with Gasteiger partial charge in [-0.2, -0.15) is 0 Å². The Morgan fingerprint density at radius 2 is 2.04 bits per heavy atom. The summed E-state index contributed by atoms with van der Waals surface area (Å²) < 4.78 is 7.17. The summed E-state index contributed by atoms with van der Waals surface area (Å²) in [6.45, 7) is 5.91. The van der Waals surface area contributed by atoms with Crippen molar-refractivity contribution in [3.8, 4) is 11.5 Å². The van der Waals surface area contributed by atoms with Crippen molar-refractivity contribution in [2.45, 2.75) is 33.4 Å². The van der Waals surface area contributed by atoms with Gasteiger partial charge >= 0.3 is 0 Å². The van der Waals surface area contributed by atoms with Crippen LogP contribution in [0.5, 0.6) is 11.5 Å². The second-order valence-corrected chi connectivity index (χ2v) is 6.18. The second-order valence-electron chi connectivity index (χ2n) is 6.18. The normalized spacial score (nSPS) is 16.5. The van der Waals surface area contributed by atoms with Gasteiger partial charge in [-0.3, -0.25) is 9.59 Å². The van der Waals surface area contributed by atoms with E-state index in [9.17, 15) is 14.7 Å². The van der Waals surface area contributed by atoms with Crippen molar-refractivity contribution in [3.63, 3.8) is 0 Å². The van der Waals surface area contributed by atoms with Crippen molar-refractivity contribution in [2.24, 2.45) is 0 Å². The Bertz CT molecular complexity index is 857. The maximum absolute atomic E-state index is 12.8. The standard InChI is InChI=1S/C18H20N2O4/c1-11-4-5-15-16(6-11)24-13(3)9-20(15)18(23)10-19-12(2)7-14(21)8-17(19)22/h4-8,13,21H,9-10H2,1-3H3. The van der Waals surface area contributed by atoms with Crippen LogP contribution in [0.25, 0.3) is 0 Å². The molecule has 3 rings (SSSR count). The molecule has 1 unspecified atom stereocenters. The minimum Gasteiger partial charge on any atom is -0.508 e. The van der Waals surface area contributed by atoms with Gasteiger partial charge < -0.3 is 19.3 Å². The number of carbonyl (C=O) groups excluding carboxylic acids is 1. The fourth-order valence-electron chi connectivity index (χ4n) is 2.92. The molecule has 1 amide bonds. The number of aromatic nitrogens is 1. The fourth-order valence-corrected chi connectivity index (χ4v) is 2.92. The zero-order chi connectivity index (χ0) is 17.4. The summed E-state index contributed by atoms with van der Waals surface area (Å²) in [7, 11) is 0. The minimum atomic E-state index is -0.397. The number of benzene rings is 1. The monoisotopic (exact) mass is 328 g/mol. The summed E-state index contributed by atoms with van der Waals surface area (Å²) in [5.41, 5.74) is 1.92. The lowest BCUT2D eigenvalue weighted by Crippen LogP contribution is -2.44. The first kappa shape index (κ1) is 16.1. The third-order valence-corrected chi connectivity index (χ3v) is 4.09. The maximum atomic E-state index is 12.8. The van der Waals surface area contributed by atoms with Crippen molar-refractivity contribution in [2.75, 3.05) is 11.4 Å². The zero-order valence-corrected chi connectivity index (χ0v) is 13.9. The van der Waals surface area contributed by atoms with Crippen LogP contribution >= 0.6 is 0 Å². The maximum Gasteiger partial charge on any atom is 0.254 e. The van der Waals surface area contributed by atoms with Gasteiger partial charge in [0.1, 0.15) is 24.1 Å². The van der Waals surface area contributed by atoms with Crippen LogP contribution in [0.3, 0.4) is 0 Å². The van der Waals surface area contributed by atoms with E-state index in [2.05, 4.69) is 0 Å². The molecule has 6 heteroatoms. The van der Waals surface area contributed by atoms with Gasteiger partial charge in [0, 0.05) is 11.8 Å². The summed E-state index contributed by atoms with van der Waals surface area (Å²) in [4.78, 5) is 26.5. The van der Waals surface area contributed by atoms with Crippen molar-refractivity contribution in [1.29, 1.82) is 0 Å². The summed E-state index contributed by atoms with van der Waals surface area (Å²) >= 11 is 0. The Hall–Kier alpha value is -2.76. The molecule has 1 aliphatic heterocycles. The number of aryl methyl sites for hydroxylation is 2. The molecule has 6 nitrogen and oxygen atoms in total. The highest BCUT2D eigenvalue weighted by Gasteiger charge is 2.28. The number of hydrogen-bond donors (Lipinski definition) is 1. The Kier molecular flexibility index (Phi) is 4.05. The number of anilines is 1. The molecule has 0 fully saturated rings. The molecule has 1 aliphatic rings. The number of pyridine rings is 1. The first-order valence-corrected chi connectivity index (χ1v) is 7.83. The molecule has 1 aromatic heterocycles. The Morgan fingerprint density at radius 1 is 1.29 bits per heavy atom. The van der Waals surface area contributed by atoms with Crippen molar-refractivity contribution in [3.05, 3.63) is 51.9 Å². The number of ether oxygens (including phenoxy) is 1. The molecule has 2 heterocycles. The SMILES string of the molecule is Cc1ccc2c(c1)OC(C)CN2C(=O)Cn1c(C)cc(O)cc1=O. The van der Waals surface area contributed by atoms with E-state index in [1.54, 1.807) is 11.8 Å². The van der Waals surface area contributed by atoms with Gasteiger partial charge in [0.2, 0.25) is 5.91 Å². The highest BCUT2D eigenvalue weighted by Crippen LogP contribution is 2.34. The van der Waals surface area contributed by atoms with Crippen molar-refractivity contribution in [1.82, 2.24) is 4.57 Å². The summed E-state index contributed by atoms with van der Waals surface area (Å²) in [5, 5.41) is 9.47.